The van der Waals surface area contributed by atoms with E-state index in [0.717, 1.165) is 25.8 Å². The van der Waals surface area contributed by atoms with Crippen molar-refractivity contribution in [2.75, 3.05) is 33.4 Å². The minimum atomic E-state index is -0.738. The second kappa shape index (κ2) is 14.9. The number of carboxylic acid groups (broad SMARTS) is 1. The van der Waals surface area contributed by atoms with E-state index in [0.29, 0.717) is 26.2 Å². The number of carbonyl (C=O) groups excluding carboxylic acids is 3. The van der Waals surface area contributed by atoms with Gasteiger partial charge in [0.2, 0.25) is 0 Å². The summed E-state index contributed by atoms with van der Waals surface area (Å²) < 4.78 is 13.6. The molecule has 2 saturated heterocycles. The Morgan fingerprint density at radius 1 is 1.11 bits per heavy atom. The Balaban J connectivity index is 0.000000439. The maximum atomic E-state index is 11.4. The maximum absolute atomic E-state index is 11.4. The van der Waals surface area contributed by atoms with Crippen molar-refractivity contribution in [1.29, 1.82) is 0 Å². The molecule has 0 aliphatic carbocycles. The molecule has 0 saturated carbocycles. The third-order valence-electron chi connectivity index (χ3n) is 3.84. The first kappa shape index (κ1) is 25.9. The summed E-state index contributed by atoms with van der Waals surface area (Å²) in [5, 5.41) is 11.2. The number of likely N-dealkylation sites (tertiary alicyclic amines) is 1. The number of methoxy groups -OCH3 is 1. The normalized spacial score (nSPS) is 20.1. The van der Waals surface area contributed by atoms with Gasteiger partial charge in [0.25, 0.3) is 0 Å². The Hall–Kier alpha value is -2.07. The quantitative estimate of drug-likeness (QED) is 0.395. The predicted molar refractivity (Wildman–Crippen MR) is 100 cm³/mol. The number of esters is 1. The van der Waals surface area contributed by atoms with Crippen LogP contribution in [0.3, 0.4) is 0 Å². The van der Waals surface area contributed by atoms with Crippen molar-refractivity contribution in [2.24, 2.45) is 0 Å². The molecule has 0 bridgehead atoms. The molecular formula is C17H29ClN2O8. The molecule has 0 aromatic heterocycles. The summed E-state index contributed by atoms with van der Waals surface area (Å²) in [6.45, 7) is 5.53. The van der Waals surface area contributed by atoms with Crippen LogP contribution in [0, 0.1) is 0 Å². The lowest BCUT2D eigenvalue weighted by Crippen LogP contribution is -2.41. The second-order valence-electron chi connectivity index (χ2n) is 5.73. The average Bonchev–Trinajstić information content (AvgIpc) is 3.34. The summed E-state index contributed by atoms with van der Waals surface area (Å²) in [7, 11) is 1.32. The molecular weight excluding hydrogens is 396 g/mol. The van der Waals surface area contributed by atoms with E-state index in [1.165, 1.54) is 12.0 Å². The molecule has 2 heterocycles. The SMILES string of the molecule is CCOC(=O)Cl.CCOC(=O)N1CCC[C@H]1C(=O)OC.O=C(O)[C@@H]1CCCN1. The van der Waals surface area contributed by atoms with Crippen LogP contribution < -0.4 is 5.32 Å². The number of carboxylic acids is 1. The number of hydrogen-bond acceptors (Lipinski definition) is 8. The molecule has 0 aromatic rings. The standard InChI is InChI=1S/C9H15NO4.C5H9NO2.C3H5ClO2/c1-3-14-9(12)10-6-4-5-7(10)8(11)13-2;7-5(8)4-2-1-3-6-4;1-2-6-3(4)5/h7H,3-6H2,1-2H3;4,6H,1-3H2,(H,7,8);2H2,1H3/t7-;4-;/m00./s1. The Kier molecular flexibility index (Phi) is 13.8. The number of amides is 1. The first-order valence-corrected chi connectivity index (χ1v) is 9.45. The summed E-state index contributed by atoms with van der Waals surface area (Å²) in [6.07, 6.45) is 2.83. The van der Waals surface area contributed by atoms with Gasteiger partial charge in [-0.25, -0.2) is 14.4 Å². The topological polar surface area (TPSA) is 131 Å². The van der Waals surface area contributed by atoms with Gasteiger partial charge in [-0.2, -0.15) is 0 Å². The van der Waals surface area contributed by atoms with Gasteiger partial charge in [0.05, 0.1) is 20.3 Å². The summed E-state index contributed by atoms with van der Waals surface area (Å²) in [4.78, 5) is 43.8. The van der Waals surface area contributed by atoms with Crippen LogP contribution in [0.25, 0.3) is 0 Å². The molecule has 0 radical (unpaired) electrons. The van der Waals surface area contributed by atoms with Gasteiger partial charge in [-0.3, -0.25) is 9.69 Å². The lowest BCUT2D eigenvalue weighted by Gasteiger charge is -2.21. The van der Waals surface area contributed by atoms with Crippen LogP contribution in [0.4, 0.5) is 9.59 Å². The fourth-order valence-electron chi connectivity index (χ4n) is 2.58. The van der Waals surface area contributed by atoms with Gasteiger partial charge in [0.15, 0.2) is 0 Å². The highest BCUT2D eigenvalue weighted by Gasteiger charge is 2.35. The number of nitrogens with one attached hydrogen (secondary N) is 1. The van der Waals surface area contributed by atoms with Crippen LogP contribution in [0.15, 0.2) is 0 Å². The Morgan fingerprint density at radius 3 is 2.11 bits per heavy atom. The number of rotatable bonds is 4. The van der Waals surface area contributed by atoms with E-state index in [1.807, 2.05) is 0 Å². The largest absolute Gasteiger partial charge is 0.480 e. The molecule has 0 aromatic carbocycles. The lowest BCUT2D eigenvalue weighted by molar-refractivity contribution is -0.145. The van der Waals surface area contributed by atoms with Crippen molar-refractivity contribution in [3.63, 3.8) is 0 Å². The van der Waals surface area contributed by atoms with E-state index < -0.39 is 23.5 Å². The molecule has 11 heteroatoms. The van der Waals surface area contributed by atoms with Crippen molar-refractivity contribution in [3.8, 4) is 0 Å². The zero-order chi connectivity index (χ0) is 21.5. The van der Waals surface area contributed by atoms with Crippen LogP contribution in [0.1, 0.15) is 39.5 Å². The summed E-state index contributed by atoms with van der Waals surface area (Å²) >= 11 is 4.72. The molecule has 2 N–H and O–H groups in total. The number of aliphatic carboxylic acids is 1. The summed E-state index contributed by atoms with van der Waals surface area (Å²) in [6, 6.07) is -0.728. The number of hydrogen-bond donors (Lipinski definition) is 2. The van der Waals surface area contributed by atoms with Crippen LogP contribution >= 0.6 is 11.6 Å². The van der Waals surface area contributed by atoms with Crippen molar-refractivity contribution in [1.82, 2.24) is 10.2 Å². The van der Waals surface area contributed by atoms with Crippen LogP contribution in [0.2, 0.25) is 0 Å². The van der Waals surface area contributed by atoms with E-state index in [9.17, 15) is 19.2 Å². The summed E-state index contributed by atoms with van der Waals surface area (Å²) in [5.74, 6) is -1.09. The monoisotopic (exact) mass is 424 g/mol. The zero-order valence-corrected chi connectivity index (χ0v) is 17.2. The highest BCUT2D eigenvalue weighted by atomic mass is 35.5. The molecule has 2 atom stereocenters. The highest BCUT2D eigenvalue weighted by Crippen LogP contribution is 2.19. The van der Waals surface area contributed by atoms with Crippen molar-refractivity contribution < 1.29 is 38.5 Å². The first-order valence-electron chi connectivity index (χ1n) is 9.08. The van der Waals surface area contributed by atoms with Crippen molar-refractivity contribution >= 4 is 35.1 Å². The molecule has 2 aliphatic heterocycles. The van der Waals surface area contributed by atoms with E-state index >= 15 is 0 Å². The molecule has 1 amide bonds. The van der Waals surface area contributed by atoms with Crippen molar-refractivity contribution in [2.45, 2.75) is 51.6 Å². The first-order chi connectivity index (χ1) is 13.3. The molecule has 0 spiro atoms. The number of halogens is 1. The second-order valence-corrected chi connectivity index (χ2v) is 6.04. The average molecular weight is 425 g/mol. The van der Waals surface area contributed by atoms with E-state index in [1.54, 1.807) is 13.8 Å². The molecule has 28 heavy (non-hydrogen) atoms. The van der Waals surface area contributed by atoms with Gasteiger partial charge < -0.3 is 24.6 Å². The molecule has 2 fully saturated rings. The minimum absolute atomic E-state index is 0.269. The fraction of sp³-hybridized carbons (Fsp3) is 0.765. The molecule has 0 unspecified atom stereocenters. The van der Waals surface area contributed by atoms with E-state index in [4.69, 9.17) is 21.4 Å². The van der Waals surface area contributed by atoms with E-state index in [-0.39, 0.29) is 12.0 Å². The lowest BCUT2D eigenvalue weighted by atomic mass is 10.2. The summed E-state index contributed by atoms with van der Waals surface area (Å²) in [5.41, 5.74) is -0.738. The Bertz CT molecular complexity index is 511. The van der Waals surface area contributed by atoms with Gasteiger partial charge >= 0.3 is 23.5 Å². The van der Waals surface area contributed by atoms with Crippen LogP contribution in [-0.2, 0) is 23.8 Å². The molecule has 10 nitrogen and oxygen atoms in total. The molecule has 2 aliphatic rings. The van der Waals surface area contributed by atoms with Gasteiger partial charge in [0.1, 0.15) is 12.1 Å². The maximum Gasteiger partial charge on any atom is 0.410 e. The van der Waals surface area contributed by atoms with Crippen molar-refractivity contribution in [3.05, 3.63) is 0 Å². The zero-order valence-electron chi connectivity index (χ0n) is 16.4. The van der Waals surface area contributed by atoms with Gasteiger partial charge in [-0.05, 0) is 46.1 Å². The molecule has 2 rings (SSSR count). The van der Waals surface area contributed by atoms with Crippen LogP contribution in [-0.4, -0.2) is 79.0 Å². The number of nitrogens with zero attached hydrogens (tertiary/aromatic N) is 1. The van der Waals surface area contributed by atoms with E-state index in [2.05, 4.69) is 14.8 Å². The number of ether oxygens (including phenoxy) is 3. The van der Waals surface area contributed by atoms with Crippen LogP contribution in [0.5, 0.6) is 0 Å². The highest BCUT2D eigenvalue weighted by molar-refractivity contribution is 6.61. The Labute approximate surface area is 169 Å². The fourth-order valence-corrected chi connectivity index (χ4v) is 2.69. The van der Waals surface area contributed by atoms with Gasteiger partial charge in [0, 0.05) is 18.1 Å². The third-order valence-corrected chi connectivity index (χ3v) is 3.95. The van der Waals surface area contributed by atoms with Gasteiger partial charge in [-0.15, -0.1) is 0 Å². The Morgan fingerprint density at radius 2 is 1.75 bits per heavy atom. The predicted octanol–water partition coefficient (Wildman–Crippen LogP) is 1.99. The van der Waals surface area contributed by atoms with Gasteiger partial charge in [-0.1, -0.05) is 0 Å². The minimum Gasteiger partial charge on any atom is -0.480 e. The number of carbonyl (C=O) groups is 4. The smallest absolute Gasteiger partial charge is 0.410 e. The third kappa shape index (κ3) is 10.3. The molecule has 162 valence electrons.